The lowest BCUT2D eigenvalue weighted by Gasteiger charge is -2.15. The summed E-state index contributed by atoms with van der Waals surface area (Å²) in [5, 5.41) is 6.47. The standard InChI is InChI=1S/C23H25FN6/c1-15(2)14-30-21-20(28-23(30)27-19-12-8-7-11-18(19)24)13-25-22(29-21)26-16(3)17-9-5-4-6-10-17/h4-13,15-16H,14H2,1-3H3,(H,27,28)(H,25,26,29). The molecular weight excluding hydrogens is 379 g/mol. The van der Waals surface area contributed by atoms with Crippen LogP contribution in [0.25, 0.3) is 11.2 Å². The molecule has 2 aromatic heterocycles. The van der Waals surface area contributed by atoms with Gasteiger partial charge in [0, 0.05) is 6.54 Å². The Balaban J connectivity index is 1.69. The van der Waals surface area contributed by atoms with Gasteiger partial charge in [-0.3, -0.25) is 4.57 Å². The molecule has 0 spiro atoms. The number of nitrogens with one attached hydrogen (secondary N) is 2. The molecule has 0 aliphatic carbocycles. The van der Waals surface area contributed by atoms with Crippen LogP contribution in [0.4, 0.5) is 22.0 Å². The number of aromatic nitrogens is 4. The maximum atomic E-state index is 14.2. The van der Waals surface area contributed by atoms with Crippen molar-refractivity contribution in [1.82, 2.24) is 19.5 Å². The van der Waals surface area contributed by atoms with Crippen LogP contribution in [0.2, 0.25) is 0 Å². The maximum absolute atomic E-state index is 14.2. The van der Waals surface area contributed by atoms with E-state index in [-0.39, 0.29) is 11.9 Å². The van der Waals surface area contributed by atoms with Gasteiger partial charge < -0.3 is 10.6 Å². The van der Waals surface area contributed by atoms with Crippen molar-refractivity contribution in [1.29, 1.82) is 0 Å². The second-order valence-electron chi connectivity index (χ2n) is 7.72. The molecule has 4 rings (SSSR count). The average Bonchev–Trinajstić information content (AvgIpc) is 3.06. The number of rotatable bonds is 7. The molecule has 1 atom stereocenters. The quantitative estimate of drug-likeness (QED) is 0.423. The number of halogens is 1. The van der Waals surface area contributed by atoms with Gasteiger partial charge in [-0.2, -0.15) is 4.98 Å². The molecule has 0 aliphatic heterocycles. The summed E-state index contributed by atoms with van der Waals surface area (Å²) in [6.07, 6.45) is 1.70. The topological polar surface area (TPSA) is 67.7 Å². The lowest BCUT2D eigenvalue weighted by Crippen LogP contribution is -2.12. The minimum Gasteiger partial charge on any atom is -0.348 e. The van der Waals surface area contributed by atoms with E-state index in [0.29, 0.717) is 41.2 Å². The molecule has 4 aromatic rings. The summed E-state index contributed by atoms with van der Waals surface area (Å²) in [6.45, 7) is 7.00. The van der Waals surface area contributed by atoms with E-state index in [1.165, 1.54) is 6.07 Å². The molecule has 2 heterocycles. The highest BCUT2D eigenvalue weighted by molar-refractivity contribution is 5.76. The van der Waals surface area contributed by atoms with E-state index in [1.54, 1.807) is 24.4 Å². The second-order valence-corrected chi connectivity index (χ2v) is 7.72. The highest BCUT2D eigenvalue weighted by Crippen LogP contribution is 2.25. The highest BCUT2D eigenvalue weighted by atomic mass is 19.1. The van der Waals surface area contributed by atoms with E-state index in [9.17, 15) is 4.39 Å². The van der Waals surface area contributed by atoms with Gasteiger partial charge in [-0.1, -0.05) is 56.3 Å². The van der Waals surface area contributed by atoms with Crippen LogP contribution in [-0.4, -0.2) is 19.5 Å². The van der Waals surface area contributed by atoms with Gasteiger partial charge in [0.1, 0.15) is 11.3 Å². The fraction of sp³-hybridized carbons (Fsp3) is 0.261. The van der Waals surface area contributed by atoms with Crippen molar-refractivity contribution >= 4 is 28.7 Å². The largest absolute Gasteiger partial charge is 0.348 e. The van der Waals surface area contributed by atoms with E-state index in [0.717, 1.165) is 5.56 Å². The predicted octanol–water partition coefficient (Wildman–Crippen LogP) is 5.54. The Hall–Kier alpha value is -3.48. The van der Waals surface area contributed by atoms with E-state index < -0.39 is 0 Å². The molecule has 0 bridgehead atoms. The zero-order valence-electron chi connectivity index (χ0n) is 17.3. The third-order valence-corrected chi connectivity index (χ3v) is 4.80. The van der Waals surface area contributed by atoms with Gasteiger partial charge in [0.2, 0.25) is 11.9 Å². The number of hydrogen-bond donors (Lipinski definition) is 2. The van der Waals surface area contributed by atoms with Crippen LogP contribution in [-0.2, 0) is 6.54 Å². The predicted molar refractivity (Wildman–Crippen MR) is 118 cm³/mol. The van der Waals surface area contributed by atoms with E-state index in [1.807, 2.05) is 22.8 Å². The van der Waals surface area contributed by atoms with Crippen LogP contribution < -0.4 is 10.6 Å². The van der Waals surface area contributed by atoms with Gasteiger partial charge in [-0.15, -0.1) is 0 Å². The van der Waals surface area contributed by atoms with Crippen LogP contribution in [0, 0.1) is 11.7 Å². The van der Waals surface area contributed by atoms with Crippen LogP contribution in [0.3, 0.4) is 0 Å². The van der Waals surface area contributed by atoms with Crippen LogP contribution in [0.5, 0.6) is 0 Å². The smallest absolute Gasteiger partial charge is 0.225 e. The minimum absolute atomic E-state index is 0.0566. The molecule has 6 nitrogen and oxygen atoms in total. The summed E-state index contributed by atoms with van der Waals surface area (Å²) < 4.78 is 16.1. The summed E-state index contributed by atoms with van der Waals surface area (Å²) in [4.78, 5) is 13.8. The van der Waals surface area contributed by atoms with E-state index >= 15 is 0 Å². The van der Waals surface area contributed by atoms with Gasteiger partial charge in [-0.25, -0.2) is 14.4 Å². The molecule has 7 heteroatoms. The molecule has 154 valence electrons. The summed E-state index contributed by atoms with van der Waals surface area (Å²) in [6, 6.07) is 16.8. The monoisotopic (exact) mass is 404 g/mol. The summed E-state index contributed by atoms with van der Waals surface area (Å²) >= 11 is 0. The van der Waals surface area contributed by atoms with Crippen LogP contribution in [0.1, 0.15) is 32.4 Å². The van der Waals surface area contributed by atoms with Crippen molar-refractivity contribution in [3.8, 4) is 0 Å². The number of imidazole rings is 1. The summed E-state index contributed by atoms with van der Waals surface area (Å²) in [5.74, 6) is 1.11. The lowest BCUT2D eigenvalue weighted by molar-refractivity contribution is 0.534. The number of benzene rings is 2. The molecule has 0 amide bonds. The van der Waals surface area contributed by atoms with Gasteiger partial charge in [0.05, 0.1) is 17.9 Å². The average molecular weight is 404 g/mol. The number of para-hydroxylation sites is 1. The van der Waals surface area contributed by atoms with Gasteiger partial charge in [-0.05, 0) is 30.5 Å². The fourth-order valence-corrected chi connectivity index (χ4v) is 3.32. The van der Waals surface area contributed by atoms with E-state index in [2.05, 4.69) is 53.5 Å². The van der Waals surface area contributed by atoms with Crippen molar-refractivity contribution in [2.45, 2.75) is 33.4 Å². The Kier molecular flexibility index (Phi) is 5.61. The second kappa shape index (κ2) is 8.49. The molecule has 2 N–H and O–H groups in total. The summed E-state index contributed by atoms with van der Waals surface area (Å²) in [7, 11) is 0. The highest BCUT2D eigenvalue weighted by Gasteiger charge is 2.16. The Morgan fingerprint density at radius 2 is 1.70 bits per heavy atom. The van der Waals surface area contributed by atoms with Gasteiger partial charge in [0.15, 0.2) is 5.65 Å². The number of anilines is 3. The Morgan fingerprint density at radius 3 is 2.43 bits per heavy atom. The van der Waals surface area contributed by atoms with Crippen molar-refractivity contribution < 1.29 is 4.39 Å². The zero-order valence-corrected chi connectivity index (χ0v) is 17.3. The molecule has 0 saturated carbocycles. The third-order valence-electron chi connectivity index (χ3n) is 4.80. The first-order valence-corrected chi connectivity index (χ1v) is 10.1. The molecule has 30 heavy (non-hydrogen) atoms. The third kappa shape index (κ3) is 4.25. The minimum atomic E-state index is -0.328. The molecule has 2 aromatic carbocycles. The normalized spacial score (nSPS) is 12.3. The number of fused-ring (bicyclic) bond motifs is 1. The van der Waals surface area contributed by atoms with Crippen LogP contribution >= 0.6 is 0 Å². The first-order valence-electron chi connectivity index (χ1n) is 10.1. The van der Waals surface area contributed by atoms with Crippen molar-refractivity contribution in [3.63, 3.8) is 0 Å². The SMILES string of the molecule is CC(C)Cn1c(Nc2ccccc2F)nc2cnc(NC(C)c3ccccc3)nc21. The van der Waals surface area contributed by atoms with Gasteiger partial charge >= 0.3 is 0 Å². The first-order chi connectivity index (χ1) is 14.5. The fourth-order valence-electron chi connectivity index (χ4n) is 3.32. The van der Waals surface area contributed by atoms with Gasteiger partial charge in [0.25, 0.3) is 0 Å². The van der Waals surface area contributed by atoms with Crippen LogP contribution in [0.15, 0.2) is 60.8 Å². The molecule has 1 unspecified atom stereocenters. The number of hydrogen-bond acceptors (Lipinski definition) is 5. The Morgan fingerprint density at radius 1 is 0.967 bits per heavy atom. The molecule has 0 aliphatic rings. The Bertz CT molecular complexity index is 1140. The van der Waals surface area contributed by atoms with Crippen molar-refractivity contribution in [2.24, 2.45) is 5.92 Å². The van der Waals surface area contributed by atoms with Crippen molar-refractivity contribution in [2.75, 3.05) is 10.6 Å². The first kappa shape index (κ1) is 19.8. The van der Waals surface area contributed by atoms with E-state index in [4.69, 9.17) is 4.98 Å². The molecule has 0 saturated heterocycles. The maximum Gasteiger partial charge on any atom is 0.225 e. The molecular formula is C23H25FN6. The zero-order chi connectivity index (χ0) is 21.1. The Labute approximate surface area is 175 Å². The molecule has 0 radical (unpaired) electrons. The van der Waals surface area contributed by atoms with Crippen molar-refractivity contribution in [3.05, 3.63) is 72.2 Å². The number of nitrogens with zero attached hydrogens (tertiary/aromatic N) is 4. The molecule has 0 fully saturated rings. The lowest BCUT2D eigenvalue weighted by atomic mass is 10.1. The summed E-state index contributed by atoms with van der Waals surface area (Å²) in [5.41, 5.74) is 2.90.